The van der Waals surface area contributed by atoms with Crippen molar-refractivity contribution in [2.24, 2.45) is 0 Å². The predicted octanol–water partition coefficient (Wildman–Crippen LogP) is 2.29. The summed E-state index contributed by atoms with van der Waals surface area (Å²) in [5, 5.41) is 0. The fourth-order valence-electron chi connectivity index (χ4n) is 2.99. The number of hydrogen-bond acceptors (Lipinski definition) is 3. The molecule has 128 valence electrons. The number of nitrogens with one attached hydrogen (secondary N) is 1. The highest BCUT2D eigenvalue weighted by Gasteiger charge is 2.23. The van der Waals surface area contributed by atoms with Crippen molar-refractivity contribution in [2.45, 2.75) is 50.0 Å². The average molecular weight is 342 g/mol. The maximum absolute atomic E-state index is 12.9. The molecule has 0 atom stereocenters. The standard InChI is InChI=1S/C16H23FN2O3S/c1-13(20)19(15-5-3-2-4-6-15)12-11-18-23(21,22)16-9-7-14(17)8-10-16/h7-10,15,18H,2-6,11-12H2,1H3. The van der Waals surface area contributed by atoms with Crippen LogP contribution in [0, 0.1) is 5.82 Å². The van der Waals surface area contributed by atoms with Gasteiger partial charge in [-0.1, -0.05) is 19.3 Å². The Morgan fingerprint density at radius 1 is 1.22 bits per heavy atom. The van der Waals surface area contributed by atoms with Crippen LogP contribution in [0.15, 0.2) is 29.2 Å². The molecule has 2 rings (SSSR count). The minimum absolute atomic E-state index is 0.0194. The lowest BCUT2D eigenvalue weighted by atomic mass is 9.94. The fourth-order valence-corrected chi connectivity index (χ4v) is 4.01. The number of sulfonamides is 1. The number of benzene rings is 1. The Balaban J connectivity index is 1.93. The molecule has 0 aromatic heterocycles. The van der Waals surface area contributed by atoms with E-state index in [9.17, 15) is 17.6 Å². The van der Waals surface area contributed by atoms with E-state index in [1.54, 1.807) is 4.90 Å². The quantitative estimate of drug-likeness (QED) is 0.862. The molecule has 1 fully saturated rings. The first kappa shape index (κ1) is 17.9. The van der Waals surface area contributed by atoms with E-state index in [1.165, 1.54) is 25.5 Å². The predicted molar refractivity (Wildman–Crippen MR) is 85.8 cm³/mol. The summed E-state index contributed by atoms with van der Waals surface area (Å²) in [7, 11) is -3.68. The minimum atomic E-state index is -3.68. The van der Waals surface area contributed by atoms with Crippen LogP contribution in [0.1, 0.15) is 39.0 Å². The highest BCUT2D eigenvalue weighted by molar-refractivity contribution is 7.89. The van der Waals surface area contributed by atoms with Gasteiger partial charge < -0.3 is 4.90 Å². The van der Waals surface area contributed by atoms with Gasteiger partial charge in [0.15, 0.2) is 0 Å². The van der Waals surface area contributed by atoms with Crippen LogP contribution in [0.4, 0.5) is 4.39 Å². The summed E-state index contributed by atoms with van der Waals surface area (Å²) >= 11 is 0. The van der Waals surface area contributed by atoms with Crippen molar-refractivity contribution in [3.63, 3.8) is 0 Å². The topological polar surface area (TPSA) is 66.5 Å². The third-order valence-electron chi connectivity index (χ3n) is 4.19. The Bertz CT molecular complexity index is 625. The lowest BCUT2D eigenvalue weighted by molar-refractivity contribution is -0.131. The molecule has 1 aliphatic rings. The van der Waals surface area contributed by atoms with Crippen LogP contribution in [-0.4, -0.2) is 38.4 Å². The van der Waals surface area contributed by atoms with E-state index in [2.05, 4.69) is 4.72 Å². The fraction of sp³-hybridized carbons (Fsp3) is 0.562. The molecule has 0 heterocycles. The maximum Gasteiger partial charge on any atom is 0.240 e. The molecule has 0 spiro atoms. The number of amides is 1. The molecule has 1 amide bonds. The molecule has 0 unspecified atom stereocenters. The second kappa shape index (κ2) is 7.88. The van der Waals surface area contributed by atoms with Crippen LogP contribution in [0.25, 0.3) is 0 Å². The summed E-state index contributed by atoms with van der Waals surface area (Å²) in [6.07, 6.45) is 5.36. The number of carbonyl (C=O) groups excluding carboxylic acids is 1. The van der Waals surface area contributed by atoms with Crippen molar-refractivity contribution in [1.82, 2.24) is 9.62 Å². The number of halogens is 1. The zero-order chi connectivity index (χ0) is 16.9. The molecule has 0 radical (unpaired) electrons. The summed E-state index contributed by atoms with van der Waals surface area (Å²) in [5.41, 5.74) is 0. The van der Waals surface area contributed by atoms with Crippen LogP contribution >= 0.6 is 0 Å². The van der Waals surface area contributed by atoms with Crippen LogP contribution in [-0.2, 0) is 14.8 Å². The molecule has 1 N–H and O–H groups in total. The molecule has 1 aliphatic carbocycles. The molecular weight excluding hydrogens is 319 g/mol. The Kier molecular flexibility index (Phi) is 6.12. The Morgan fingerprint density at radius 2 is 1.83 bits per heavy atom. The molecule has 0 aliphatic heterocycles. The Hall–Kier alpha value is -1.47. The largest absolute Gasteiger partial charge is 0.339 e. The molecule has 0 saturated heterocycles. The monoisotopic (exact) mass is 342 g/mol. The summed E-state index contributed by atoms with van der Waals surface area (Å²) in [6.45, 7) is 2.01. The van der Waals surface area contributed by atoms with Gasteiger partial charge in [0, 0.05) is 26.1 Å². The van der Waals surface area contributed by atoms with Crippen molar-refractivity contribution < 1.29 is 17.6 Å². The molecule has 1 saturated carbocycles. The van der Waals surface area contributed by atoms with Crippen LogP contribution in [0.3, 0.4) is 0 Å². The number of hydrogen-bond donors (Lipinski definition) is 1. The van der Waals surface area contributed by atoms with Gasteiger partial charge in [-0.2, -0.15) is 0 Å². The SMILES string of the molecule is CC(=O)N(CCNS(=O)(=O)c1ccc(F)cc1)C1CCCCC1. The lowest BCUT2D eigenvalue weighted by Crippen LogP contribution is -2.44. The highest BCUT2D eigenvalue weighted by Crippen LogP contribution is 2.22. The van der Waals surface area contributed by atoms with E-state index in [-0.39, 0.29) is 23.4 Å². The van der Waals surface area contributed by atoms with E-state index in [0.717, 1.165) is 37.8 Å². The molecule has 7 heteroatoms. The van der Waals surface area contributed by atoms with Gasteiger partial charge in [-0.15, -0.1) is 0 Å². The normalized spacial score (nSPS) is 16.3. The van der Waals surface area contributed by atoms with Crippen LogP contribution < -0.4 is 4.72 Å². The second-order valence-corrected chi connectivity index (χ2v) is 7.62. The lowest BCUT2D eigenvalue weighted by Gasteiger charge is -2.33. The molecular formula is C16H23FN2O3S. The Labute approximate surface area is 136 Å². The first-order valence-electron chi connectivity index (χ1n) is 7.92. The van der Waals surface area contributed by atoms with Gasteiger partial charge in [-0.25, -0.2) is 17.5 Å². The minimum Gasteiger partial charge on any atom is -0.339 e. The number of rotatable bonds is 6. The zero-order valence-electron chi connectivity index (χ0n) is 13.3. The van der Waals surface area contributed by atoms with Crippen molar-refractivity contribution in [1.29, 1.82) is 0 Å². The molecule has 23 heavy (non-hydrogen) atoms. The van der Waals surface area contributed by atoms with Crippen molar-refractivity contribution >= 4 is 15.9 Å². The van der Waals surface area contributed by atoms with E-state index in [0.29, 0.717) is 6.54 Å². The molecule has 0 bridgehead atoms. The molecule has 1 aromatic carbocycles. The average Bonchev–Trinajstić information content (AvgIpc) is 2.52. The van der Waals surface area contributed by atoms with Crippen LogP contribution in [0.2, 0.25) is 0 Å². The van der Waals surface area contributed by atoms with Gasteiger partial charge in [0.2, 0.25) is 15.9 Å². The first-order chi connectivity index (χ1) is 10.9. The first-order valence-corrected chi connectivity index (χ1v) is 9.41. The van der Waals surface area contributed by atoms with Crippen molar-refractivity contribution in [2.75, 3.05) is 13.1 Å². The van der Waals surface area contributed by atoms with E-state index in [1.807, 2.05) is 0 Å². The van der Waals surface area contributed by atoms with Gasteiger partial charge in [-0.3, -0.25) is 4.79 Å². The third kappa shape index (κ3) is 5.00. The maximum atomic E-state index is 12.9. The van der Waals surface area contributed by atoms with Crippen LogP contribution in [0.5, 0.6) is 0 Å². The van der Waals surface area contributed by atoms with Gasteiger partial charge in [-0.05, 0) is 37.1 Å². The van der Waals surface area contributed by atoms with Gasteiger partial charge in [0.05, 0.1) is 4.90 Å². The number of nitrogens with zero attached hydrogens (tertiary/aromatic N) is 1. The summed E-state index contributed by atoms with van der Waals surface area (Å²) in [5.74, 6) is -0.512. The van der Waals surface area contributed by atoms with E-state index < -0.39 is 15.8 Å². The van der Waals surface area contributed by atoms with Gasteiger partial charge in [0.1, 0.15) is 5.82 Å². The summed E-state index contributed by atoms with van der Waals surface area (Å²) in [6, 6.07) is 4.87. The summed E-state index contributed by atoms with van der Waals surface area (Å²) in [4.78, 5) is 13.6. The van der Waals surface area contributed by atoms with E-state index >= 15 is 0 Å². The second-order valence-electron chi connectivity index (χ2n) is 5.86. The highest BCUT2D eigenvalue weighted by atomic mass is 32.2. The zero-order valence-corrected chi connectivity index (χ0v) is 14.1. The van der Waals surface area contributed by atoms with Crippen molar-refractivity contribution in [3.05, 3.63) is 30.1 Å². The number of carbonyl (C=O) groups is 1. The summed E-state index contributed by atoms with van der Waals surface area (Å²) < 4.78 is 39.6. The van der Waals surface area contributed by atoms with Crippen molar-refractivity contribution in [3.8, 4) is 0 Å². The smallest absolute Gasteiger partial charge is 0.240 e. The third-order valence-corrected chi connectivity index (χ3v) is 5.67. The van der Waals surface area contributed by atoms with Gasteiger partial charge >= 0.3 is 0 Å². The molecule has 1 aromatic rings. The molecule has 5 nitrogen and oxygen atoms in total. The Morgan fingerprint density at radius 3 is 2.39 bits per heavy atom. The van der Waals surface area contributed by atoms with E-state index in [4.69, 9.17) is 0 Å². The van der Waals surface area contributed by atoms with Gasteiger partial charge in [0.25, 0.3) is 0 Å².